The van der Waals surface area contributed by atoms with Crippen LogP contribution in [0.15, 0.2) is 24.3 Å². The Morgan fingerprint density at radius 3 is 2.38 bits per heavy atom. The molecule has 116 valence electrons. The number of rotatable bonds is 5. The quantitative estimate of drug-likeness (QED) is 0.873. The fourth-order valence-corrected chi connectivity index (χ4v) is 2.91. The average Bonchev–Trinajstić information content (AvgIpc) is 2.49. The minimum atomic E-state index is -0.495. The van der Waals surface area contributed by atoms with Crippen molar-refractivity contribution >= 4 is 17.5 Å². The Kier molecular flexibility index (Phi) is 6.03. The van der Waals surface area contributed by atoms with Gasteiger partial charge in [0.1, 0.15) is 0 Å². The van der Waals surface area contributed by atoms with E-state index in [1.165, 1.54) is 6.42 Å². The first-order chi connectivity index (χ1) is 10.1. The molecule has 1 aromatic rings. The Bertz CT molecular complexity index is 457. The number of nitrogens with zero attached hydrogens (tertiary/aromatic N) is 1. The fourth-order valence-electron chi connectivity index (χ4n) is 2.78. The predicted molar refractivity (Wildman–Crippen MR) is 86.2 cm³/mol. The molecule has 4 N–H and O–H groups in total. The van der Waals surface area contributed by atoms with Gasteiger partial charge in [-0.1, -0.05) is 23.7 Å². The van der Waals surface area contributed by atoms with Crippen LogP contribution >= 0.6 is 11.6 Å². The van der Waals surface area contributed by atoms with Crippen molar-refractivity contribution in [1.82, 2.24) is 4.90 Å². The van der Waals surface area contributed by atoms with Crippen LogP contribution < -0.4 is 11.5 Å². The Hall–Kier alpha value is -1.10. The van der Waals surface area contributed by atoms with Crippen molar-refractivity contribution in [2.75, 3.05) is 13.1 Å². The molecule has 1 aliphatic heterocycles. The van der Waals surface area contributed by atoms with Gasteiger partial charge in [0.25, 0.3) is 0 Å². The lowest BCUT2D eigenvalue weighted by molar-refractivity contribution is -0.133. The average molecular weight is 310 g/mol. The van der Waals surface area contributed by atoms with Crippen molar-refractivity contribution in [3.05, 3.63) is 34.9 Å². The number of nitrogens with two attached hydrogens (primary N) is 2. The molecule has 0 aliphatic carbocycles. The molecule has 5 heteroatoms. The number of hydrogen-bond acceptors (Lipinski definition) is 3. The van der Waals surface area contributed by atoms with Crippen LogP contribution in [0.3, 0.4) is 0 Å². The van der Waals surface area contributed by atoms with Crippen LogP contribution in [0, 0.1) is 0 Å². The van der Waals surface area contributed by atoms with Gasteiger partial charge in [-0.25, -0.2) is 0 Å². The number of piperidine rings is 1. The van der Waals surface area contributed by atoms with Crippen molar-refractivity contribution in [2.24, 2.45) is 11.5 Å². The normalized spacial score (nSPS) is 18.3. The summed E-state index contributed by atoms with van der Waals surface area (Å²) in [5.74, 6) is 0.0428. The largest absolute Gasteiger partial charge is 0.341 e. The minimum absolute atomic E-state index is 0.0428. The number of likely N-dealkylation sites (tertiary alicyclic amines) is 1. The van der Waals surface area contributed by atoms with Gasteiger partial charge in [0.15, 0.2) is 0 Å². The molecule has 0 spiro atoms. The monoisotopic (exact) mass is 309 g/mol. The third kappa shape index (κ3) is 4.99. The number of halogens is 1. The van der Waals surface area contributed by atoms with E-state index in [0.717, 1.165) is 31.5 Å². The Morgan fingerprint density at radius 2 is 1.76 bits per heavy atom. The lowest BCUT2D eigenvalue weighted by Crippen LogP contribution is -2.48. The second-order valence-electron chi connectivity index (χ2n) is 5.82. The maximum atomic E-state index is 12.3. The molecular formula is C16H24ClN3O. The van der Waals surface area contributed by atoms with Crippen molar-refractivity contribution < 1.29 is 4.79 Å². The van der Waals surface area contributed by atoms with E-state index >= 15 is 0 Å². The predicted octanol–water partition coefficient (Wildman–Crippen LogP) is 1.94. The first-order valence-corrected chi connectivity index (χ1v) is 7.98. The molecule has 1 unspecified atom stereocenters. The van der Waals surface area contributed by atoms with Gasteiger partial charge in [0.05, 0.1) is 6.04 Å². The van der Waals surface area contributed by atoms with Crippen LogP contribution in [-0.2, 0) is 11.2 Å². The molecule has 0 aromatic heterocycles. The lowest BCUT2D eigenvalue weighted by Gasteiger charge is -2.29. The van der Waals surface area contributed by atoms with E-state index in [1.807, 2.05) is 29.2 Å². The summed E-state index contributed by atoms with van der Waals surface area (Å²) in [6, 6.07) is 7.01. The summed E-state index contributed by atoms with van der Waals surface area (Å²) >= 11 is 5.86. The SMILES string of the molecule is NC(Cc1ccc(Cl)cc1)C[C@H](N)C(=O)N1CCCCC1. The third-order valence-electron chi connectivity index (χ3n) is 3.95. The molecule has 1 heterocycles. The van der Waals surface area contributed by atoms with Gasteiger partial charge in [0, 0.05) is 24.2 Å². The maximum absolute atomic E-state index is 12.3. The summed E-state index contributed by atoms with van der Waals surface area (Å²) in [7, 11) is 0. The van der Waals surface area contributed by atoms with Gasteiger partial charge in [-0.2, -0.15) is 0 Å². The van der Waals surface area contributed by atoms with Crippen molar-refractivity contribution in [1.29, 1.82) is 0 Å². The fraction of sp³-hybridized carbons (Fsp3) is 0.562. The zero-order valence-electron chi connectivity index (χ0n) is 12.3. The van der Waals surface area contributed by atoms with Crippen molar-refractivity contribution in [3.63, 3.8) is 0 Å². The van der Waals surface area contributed by atoms with Crippen LogP contribution in [-0.4, -0.2) is 36.0 Å². The van der Waals surface area contributed by atoms with Gasteiger partial charge in [-0.05, 0) is 49.8 Å². The van der Waals surface area contributed by atoms with Gasteiger partial charge < -0.3 is 16.4 Å². The molecule has 21 heavy (non-hydrogen) atoms. The number of carbonyl (C=O) groups excluding carboxylic acids is 1. The summed E-state index contributed by atoms with van der Waals surface area (Å²) < 4.78 is 0. The summed E-state index contributed by atoms with van der Waals surface area (Å²) in [6.07, 6.45) is 4.58. The number of carbonyl (C=O) groups is 1. The van der Waals surface area contributed by atoms with E-state index in [1.54, 1.807) is 0 Å². The highest BCUT2D eigenvalue weighted by Crippen LogP contribution is 2.14. The highest BCUT2D eigenvalue weighted by atomic mass is 35.5. The van der Waals surface area contributed by atoms with Crippen molar-refractivity contribution in [3.8, 4) is 0 Å². The van der Waals surface area contributed by atoms with E-state index in [9.17, 15) is 4.79 Å². The molecule has 1 fully saturated rings. The van der Waals surface area contributed by atoms with E-state index in [-0.39, 0.29) is 11.9 Å². The third-order valence-corrected chi connectivity index (χ3v) is 4.20. The summed E-state index contributed by atoms with van der Waals surface area (Å²) in [5, 5.41) is 0.712. The highest BCUT2D eigenvalue weighted by molar-refractivity contribution is 6.30. The first kappa shape index (κ1) is 16.3. The lowest BCUT2D eigenvalue weighted by atomic mass is 9.99. The van der Waals surface area contributed by atoms with Crippen LogP contribution in [0.2, 0.25) is 5.02 Å². The Labute approximate surface area is 131 Å². The van der Waals surface area contributed by atoms with Crippen molar-refractivity contribution in [2.45, 2.75) is 44.2 Å². The standard InChI is InChI=1S/C16H24ClN3O/c17-13-6-4-12(5-7-13)10-14(18)11-15(19)16(21)20-8-2-1-3-9-20/h4-7,14-15H,1-3,8-11,18-19H2/t14?,15-/m0/s1. The van der Waals surface area contributed by atoms with Crippen LogP contribution in [0.25, 0.3) is 0 Å². The molecule has 1 aliphatic rings. The number of amides is 1. The smallest absolute Gasteiger partial charge is 0.239 e. The summed E-state index contributed by atoms with van der Waals surface area (Å²) in [4.78, 5) is 14.1. The van der Waals surface area contributed by atoms with Gasteiger partial charge >= 0.3 is 0 Å². The van der Waals surface area contributed by atoms with E-state index < -0.39 is 6.04 Å². The second-order valence-corrected chi connectivity index (χ2v) is 6.26. The zero-order chi connectivity index (χ0) is 15.2. The molecular weight excluding hydrogens is 286 g/mol. The first-order valence-electron chi connectivity index (χ1n) is 7.60. The summed E-state index contributed by atoms with van der Waals surface area (Å²) in [5.41, 5.74) is 13.3. The maximum Gasteiger partial charge on any atom is 0.239 e. The molecule has 0 saturated carbocycles. The molecule has 1 aromatic carbocycles. The Morgan fingerprint density at radius 1 is 1.14 bits per heavy atom. The van der Waals surface area contributed by atoms with E-state index in [0.29, 0.717) is 17.9 Å². The molecule has 2 rings (SSSR count). The van der Waals surface area contributed by atoms with Gasteiger partial charge in [-0.3, -0.25) is 4.79 Å². The van der Waals surface area contributed by atoms with Crippen LogP contribution in [0.4, 0.5) is 0 Å². The molecule has 4 nitrogen and oxygen atoms in total. The van der Waals surface area contributed by atoms with Gasteiger partial charge in [0.2, 0.25) is 5.91 Å². The Balaban J connectivity index is 1.82. The zero-order valence-corrected chi connectivity index (χ0v) is 13.1. The molecule has 1 amide bonds. The second kappa shape index (κ2) is 7.78. The van der Waals surface area contributed by atoms with E-state index in [4.69, 9.17) is 23.1 Å². The minimum Gasteiger partial charge on any atom is -0.341 e. The summed E-state index contributed by atoms with van der Waals surface area (Å²) in [6.45, 7) is 1.66. The number of hydrogen-bond donors (Lipinski definition) is 2. The molecule has 0 radical (unpaired) electrons. The van der Waals surface area contributed by atoms with E-state index in [2.05, 4.69) is 0 Å². The molecule has 0 bridgehead atoms. The van der Waals surface area contributed by atoms with Crippen LogP contribution in [0.1, 0.15) is 31.2 Å². The van der Waals surface area contributed by atoms with Crippen LogP contribution in [0.5, 0.6) is 0 Å². The number of benzene rings is 1. The molecule has 2 atom stereocenters. The molecule has 1 saturated heterocycles. The topological polar surface area (TPSA) is 72.3 Å². The highest BCUT2D eigenvalue weighted by Gasteiger charge is 2.24. The van der Waals surface area contributed by atoms with Gasteiger partial charge in [-0.15, -0.1) is 0 Å².